The van der Waals surface area contributed by atoms with Crippen LogP contribution >= 0.6 is 0 Å². The Morgan fingerprint density at radius 3 is 2.61 bits per heavy atom. The van der Waals surface area contributed by atoms with Crippen LogP contribution in [0.1, 0.15) is 44.9 Å². The molecule has 0 aromatic heterocycles. The summed E-state index contributed by atoms with van der Waals surface area (Å²) in [6.07, 6.45) is 6.53. The van der Waals surface area contributed by atoms with Crippen LogP contribution in [-0.4, -0.2) is 36.1 Å². The Morgan fingerprint density at radius 2 is 2.00 bits per heavy atom. The third kappa shape index (κ3) is 3.09. The summed E-state index contributed by atoms with van der Waals surface area (Å²) in [5.74, 6) is -0.414. The summed E-state index contributed by atoms with van der Waals surface area (Å²) in [5, 5.41) is 15.2. The molecule has 1 saturated heterocycles. The fourth-order valence-corrected chi connectivity index (χ4v) is 2.92. The molecule has 1 aliphatic heterocycles. The molecule has 1 heterocycles. The number of hydrogen-bond acceptors (Lipinski definition) is 4. The molecule has 18 heavy (non-hydrogen) atoms. The van der Waals surface area contributed by atoms with Crippen molar-refractivity contribution in [3.05, 3.63) is 0 Å². The molecule has 1 atom stereocenters. The maximum atomic E-state index is 11.6. The molecule has 0 aromatic rings. The Bertz CT molecular complexity index is 324. The second-order valence-electron chi connectivity index (χ2n) is 5.60. The number of carbonyl (C=O) groups is 2. The van der Waals surface area contributed by atoms with Crippen molar-refractivity contribution in [2.24, 2.45) is 5.41 Å². The summed E-state index contributed by atoms with van der Waals surface area (Å²) in [4.78, 5) is 22.7. The number of aliphatic hydroxyl groups is 1. The Balaban J connectivity index is 1.86. The molecule has 102 valence electrons. The van der Waals surface area contributed by atoms with Crippen LogP contribution in [0.2, 0.25) is 0 Å². The van der Waals surface area contributed by atoms with Gasteiger partial charge in [-0.15, -0.1) is 0 Å². The monoisotopic (exact) mass is 254 g/mol. The molecule has 1 unspecified atom stereocenters. The van der Waals surface area contributed by atoms with Crippen molar-refractivity contribution >= 4 is 11.8 Å². The Labute approximate surface area is 107 Å². The first-order chi connectivity index (χ1) is 8.65. The quantitative estimate of drug-likeness (QED) is 0.632. The lowest BCUT2D eigenvalue weighted by Crippen LogP contribution is -2.53. The first kappa shape index (κ1) is 13.5. The summed E-state index contributed by atoms with van der Waals surface area (Å²) >= 11 is 0. The van der Waals surface area contributed by atoms with Crippen molar-refractivity contribution in [2.45, 2.75) is 51.0 Å². The number of nitrogens with one attached hydrogen (secondary N) is 2. The molecule has 1 saturated carbocycles. The molecular formula is C13H22N2O3. The predicted molar refractivity (Wildman–Crippen MR) is 66.8 cm³/mol. The minimum Gasteiger partial charge on any atom is -0.396 e. The highest BCUT2D eigenvalue weighted by Gasteiger charge is 2.34. The van der Waals surface area contributed by atoms with Crippen LogP contribution in [0.4, 0.5) is 0 Å². The van der Waals surface area contributed by atoms with Gasteiger partial charge in [0, 0.05) is 25.0 Å². The topological polar surface area (TPSA) is 78.4 Å². The maximum absolute atomic E-state index is 11.6. The predicted octanol–water partition coefficient (Wildman–Crippen LogP) is 0.324. The average molecular weight is 254 g/mol. The minimum absolute atomic E-state index is 0.0695. The number of hydrogen-bond donors (Lipinski definition) is 3. The zero-order valence-corrected chi connectivity index (χ0v) is 10.7. The highest BCUT2D eigenvalue weighted by Crippen LogP contribution is 2.35. The lowest BCUT2D eigenvalue weighted by atomic mass is 9.74. The first-order valence-electron chi connectivity index (χ1n) is 6.83. The Morgan fingerprint density at radius 1 is 1.28 bits per heavy atom. The van der Waals surface area contributed by atoms with Gasteiger partial charge >= 0.3 is 0 Å². The Hall–Kier alpha value is -0.940. The van der Waals surface area contributed by atoms with E-state index in [1.54, 1.807) is 0 Å². The molecule has 2 fully saturated rings. The SMILES string of the molecule is O=C1CCC(NCC2(CO)CCCCC2)C(=O)N1. The van der Waals surface area contributed by atoms with E-state index in [-0.39, 0.29) is 29.9 Å². The molecule has 5 heteroatoms. The summed E-state index contributed by atoms with van der Waals surface area (Å²) < 4.78 is 0. The second-order valence-corrected chi connectivity index (χ2v) is 5.60. The zero-order chi connectivity index (χ0) is 13.0. The average Bonchev–Trinajstić information content (AvgIpc) is 2.39. The fourth-order valence-electron chi connectivity index (χ4n) is 2.92. The molecule has 1 aliphatic carbocycles. The van der Waals surface area contributed by atoms with E-state index in [1.165, 1.54) is 6.42 Å². The van der Waals surface area contributed by atoms with Crippen LogP contribution in [0.15, 0.2) is 0 Å². The molecule has 2 amide bonds. The van der Waals surface area contributed by atoms with Crippen molar-refractivity contribution < 1.29 is 14.7 Å². The van der Waals surface area contributed by atoms with Gasteiger partial charge in [0.2, 0.25) is 11.8 Å². The zero-order valence-electron chi connectivity index (χ0n) is 10.7. The molecular weight excluding hydrogens is 232 g/mol. The summed E-state index contributed by atoms with van der Waals surface area (Å²) in [7, 11) is 0. The highest BCUT2D eigenvalue weighted by molar-refractivity contribution is 6.00. The van der Waals surface area contributed by atoms with Gasteiger partial charge in [-0.25, -0.2) is 0 Å². The molecule has 3 N–H and O–H groups in total. The number of imide groups is 1. The van der Waals surface area contributed by atoms with Gasteiger partial charge in [-0.05, 0) is 19.3 Å². The number of rotatable bonds is 4. The third-order valence-corrected chi connectivity index (χ3v) is 4.21. The lowest BCUT2D eigenvalue weighted by molar-refractivity contribution is -0.134. The molecule has 0 aromatic carbocycles. The standard InChI is InChI=1S/C13H22N2O3/c16-9-13(6-2-1-3-7-13)8-14-10-4-5-11(17)15-12(10)18/h10,14,16H,1-9H2,(H,15,17,18). The van der Waals surface area contributed by atoms with E-state index < -0.39 is 0 Å². The normalized spacial score (nSPS) is 27.9. The van der Waals surface area contributed by atoms with Crippen LogP contribution in [0.25, 0.3) is 0 Å². The molecule has 0 bridgehead atoms. The van der Waals surface area contributed by atoms with Gasteiger partial charge in [0.05, 0.1) is 6.04 Å². The van der Waals surface area contributed by atoms with E-state index in [4.69, 9.17) is 0 Å². The van der Waals surface area contributed by atoms with Crippen LogP contribution in [0.3, 0.4) is 0 Å². The second kappa shape index (κ2) is 5.80. The molecule has 0 spiro atoms. The number of piperidine rings is 1. The minimum atomic E-state index is -0.284. The van der Waals surface area contributed by atoms with Crippen LogP contribution in [0, 0.1) is 5.41 Å². The third-order valence-electron chi connectivity index (χ3n) is 4.21. The van der Waals surface area contributed by atoms with Crippen molar-refractivity contribution in [3.8, 4) is 0 Å². The van der Waals surface area contributed by atoms with Gasteiger partial charge in [-0.3, -0.25) is 14.9 Å². The molecule has 0 radical (unpaired) electrons. The number of aliphatic hydroxyl groups excluding tert-OH is 1. The van der Waals surface area contributed by atoms with Gasteiger partial charge in [0.15, 0.2) is 0 Å². The molecule has 2 rings (SSSR count). The lowest BCUT2D eigenvalue weighted by Gasteiger charge is -2.37. The van der Waals surface area contributed by atoms with Crippen LogP contribution in [0.5, 0.6) is 0 Å². The van der Waals surface area contributed by atoms with Crippen molar-refractivity contribution in [2.75, 3.05) is 13.2 Å². The van der Waals surface area contributed by atoms with Gasteiger partial charge in [-0.1, -0.05) is 19.3 Å². The molecule has 5 nitrogen and oxygen atoms in total. The summed E-state index contributed by atoms with van der Waals surface area (Å²) in [5.41, 5.74) is -0.0695. The summed E-state index contributed by atoms with van der Waals surface area (Å²) in [6, 6.07) is -0.284. The highest BCUT2D eigenvalue weighted by atomic mass is 16.3. The van der Waals surface area contributed by atoms with Crippen molar-refractivity contribution in [3.63, 3.8) is 0 Å². The van der Waals surface area contributed by atoms with E-state index in [0.717, 1.165) is 25.7 Å². The van der Waals surface area contributed by atoms with Gasteiger partial charge in [0.1, 0.15) is 0 Å². The molecule has 2 aliphatic rings. The van der Waals surface area contributed by atoms with E-state index in [1.807, 2.05) is 0 Å². The van der Waals surface area contributed by atoms with Crippen molar-refractivity contribution in [1.29, 1.82) is 0 Å². The summed E-state index contributed by atoms with van der Waals surface area (Å²) in [6.45, 7) is 0.836. The van der Waals surface area contributed by atoms with E-state index in [2.05, 4.69) is 10.6 Å². The smallest absolute Gasteiger partial charge is 0.243 e. The van der Waals surface area contributed by atoms with Crippen LogP contribution < -0.4 is 10.6 Å². The number of amides is 2. The van der Waals surface area contributed by atoms with Gasteiger partial charge in [-0.2, -0.15) is 0 Å². The van der Waals surface area contributed by atoms with E-state index >= 15 is 0 Å². The maximum Gasteiger partial charge on any atom is 0.243 e. The fraction of sp³-hybridized carbons (Fsp3) is 0.846. The number of carbonyl (C=O) groups excluding carboxylic acids is 2. The largest absolute Gasteiger partial charge is 0.396 e. The van der Waals surface area contributed by atoms with Crippen LogP contribution in [-0.2, 0) is 9.59 Å². The van der Waals surface area contributed by atoms with Crippen molar-refractivity contribution in [1.82, 2.24) is 10.6 Å². The first-order valence-corrected chi connectivity index (χ1v) is 6.83. The van der Waals surface area contributed by atoms with E-state index in [0.29, 0.717) is 19.4 Å². The van der Waals surface area contributed by atoms with Gasteiger partial charge in [0.25, 0.3) is 0 Å². The van der Waals surface area contributed by atoms with E-state index in [9.17, 15) is 14.7 Å². The van der Waals surface area contributed by atoms with Gasteiger partial charge < -0.3 is 10.4 Å². The Kier molecular flexibility index (Phi) is 4.35.